The standard InChI is InChI=1S/C27H20F2N2OS/c1-27(25(32)31-26-30-23(14-33-26)15-10-11-21(28)22(29)12-15)13-20-16-6-2-4-8-18(16)24(27)19-9-5-3-7-17(19)20/h2-12,14,20,24H,13H2,1H3,(H,30,31,32)/t20?,24?,27-/m1/s1. The second-order valence-electron chi connectivity index (χ2n) is 8.99. The Morgan fingerprint density at radius 3 is 2.24 bits per heavy atom. The Balaban J connectivity index is 1.34. The van der Waals surface area contributed by atoms with Crippen LogP contribution in [0.5, 0.6) is 0 Å². The molecule has 3 aliphatic carbocycles. The van der Waals surface area contributed by atoms with Crippen molar-refractivity contribution in [2.45, 2.75) is 25.2 Å². The molecule has 0 radical (unpaired) electrons. The van der Waals surface area contributed by atoms with E-state index >= 15 is 0 Å². The van der Waals surface area contributed by atoms with Crippen LogP contribution in [0.2, 0.25) is 0 Å². The van der Waals surface area contributed by atoms with Crippen molar-refractivity contribution in [3.05, 3.63) is 106 Å². The fourth-order valence-corrected chi connectivity index (χ4v) is 6.26. The molecule has 2 bridgehead atoms. The fourth-order valence-electron chi connectivity index (χ4n) is 5.55. The molecule has 6 heteroatoms. The largest absolute Gasteiger partial charge is 0.301 e. The van der Waals surface area contributed by atoms with Crippen LogP contribution >= 0.6 is 11.3 Å². The molecule has 1 heterocycles. The predicted octanol–water partition coefficient (Wildman–Crippen LogP) is 6.71. The highest BCUT2D eigenvalue weighted by Crippen LogP contribution is 2.61. The van der Waals surface area contributed by atoms with Gasteiger partial charge in [-0.2, -0.15) is 0 Å². The number of benzene rings is 3. The molecule has 0 saturated carbocycles. The van der Waals surface area contributed by atoms with Gasteiger partial charge in [-0.3, -0.25) is 4.79 Å². The van der Waals surface area contributed by atoms with E-state index in [4.69, 9.17) is 0 Å². The van der Waals surface area contributed by atoms with Gasteiger partial charge in [0.05, 0.1) is 11.1 Å². The summed E-state index contributed by atoms with van der Waals surface area (Å²) in [5.41, 5.74) is 5.37. The summed E-state index contributed by atoms with van der Waals surface area (Å²) in [6.45, 7) is 2.04. The molecule has 1 aromatic heterocycles. The van der Waals surface area contributed by atoms with E-state index in [1.54, 1.807) is 5.38 Å². The van der Waals surface area contributed by atoms with Gasteiger partial charge >= 0.3 is 0 Å². The Hall–Kier alpha value is -3.38. The first-order chi connectivity index (χ1) is 16.0. The van der Waals surface area contributed by atoms with Crippen LogP contribution in [0.25, 0.3) is 11.3 Å². The van der Waals surface area contributed by atoms with Crippen molar-refractivity contribution in [1.82, 2.24) is 4.98 Å². The number of thiazole rings is 1. The van der Waals surface area contributed by atoms with Crippen molar-refractivity contribution in [2.75, 3.05) is 5.32 Å². The van der Waals surface area contributed by atoms with E-state index in [2.05, 4.69) is 46.7 Å². The number of hydrogen-bond acceptors (Lipinski definition) is 3. The first-order valence-electron chi connectivity index (χ1n) is 10.9. The molecule has 164 valence electrons. The molecule has 0 unspecified atom stereocenters. The molecule has 0 aliphatic heterocycles. The minimum atomic E-state index is -0.922. The molecule has 0 spiro atoms. The lowest BCUT2D eigenvalue weighted by molar-refractivity contribution is -0.126. The van der Waals surface area contributed by atoms with Crippen molar-refractivity contribution in [3.63, 3.8) is 0 Å². The van der Waals surface area contributed by atoms with E-state index in [1.807, 2.05) is 19.1 Å². The number of aromatic nitrogens is 1. The first kappa shape index (κ1) is 20.2. The van der Waals surface area contributed by atoms with Gasteiger partial charge in [0.25, 0.3) is 0 Å². The van der Waals surface area contributed by atoms with Gasteiger partial charge in [0, 0.05) is 22.8 Å². The Kier molecular flexibility index (Phi) is 4.49. The van der Waals surface area contributed by atoms with Crippen molar-refractivity contribution < 1.29 is 13.6 Å². The molecule has 1 N–H and O–H groups in total. The maximum Gasteiger partial charge on any atom is 0.233 e. The topological polar surface area (TPSA) is 42.0 Å². The van der Waals surface area contributed by atoms with Crippen LogP contribution in [0, 0.1) is 17.0 Å². The van der Waals surface area contributed by atoms with E-state index in [-0.39, 0.29) is 17.7 Å². The van der Waals surface area contributed by atoms with E-state index in [9.17, 15) is 13.6 Å². The monoisotopic (exact) mass is 458 g/mol. The highest BCUT2D eigenvalue weighted by atomic mass is 32.1. The third-order valence-corrected chi connectivity index (χ3v) is 7.85. The zero-order valence-corrected chi connectivity index (χ0v) is 18.6. The van der Waals surface area contributed by atoms with Crippen LogP contribution in [0.3, 0.4) is 0 Å². The van der Waals surface area contributed by atoms with Gasteiger partial charge in [-0.15, -0.1) is 11.3 Å². The van der Waals surface area contributed by atoms with Crippen LogP contribution in [0.1, 0.15) is 47.4 Å². The number of rotatable bonds is 3. The molecule has 1 atom stereocenters. The summed E-state index contributed by atoms with van der Waals surface area (Å²) in [6.07, 6.45) is 0.721. The minimum Gasteiger partial charge on any atom is -0.301 e. The van der Waals surface area contributed by atoms with Crippen molar-refractivity contribution in [1.29, 1.82) is 0 Å². The van der Waals surface area contributed by atoms with E-state index < -0.39 is 17.0 Å². The third kappa shape index (κ3) is 3.04. The summed E-state index contributed by atoms with van der Waals surface area (Å²) in [7, 11) is 0. The maximum absolute atomic E-state index is 13.7. The van der Waals surface area contributed by atoms with Gasteiger partial charge in [-0.25, -0.2) is 13.8 Å². The molecular formula is C27H20F2N2OS. The molecular weight excluding hydrogens is 438 g/mol. The summed E-state index contributed by atoms with van der Waals surface area (Å²) in [4.78, 5) is 18.2. The number of fused-ring (bicyclic) bond motifs is 1. The SMILES string of the molecule is C[C@@]1(C(=O)Nc2nc(-c3ccc(F)c(F)c3)cs2)CC2c3ccccc3C1c1ccccc12. The average molecular weight is 459 g/mol. The second-order valence-corrected chi connectivity index (χ2v) is 9.84. The number of carbonyl (C=O) groups excluding carboxylic acids is 1. The summed E-state index contributed by atoms with van der Waals surface area (Å²) >= 11 is 1.28. The summed E-state index contributed by atoms with van der Waals surface area (Å²) in [6, 6.07) is 20.5. The predicted molar refractivity (Wildman–Crippen MR) is 125 cm³/mol. The lowest BCUT2D eigenvalue weighted by atomic mass is 9.52. The number of nitrogens with one attached hydrogen (secondary N) is 1. The molecule has 3 nitrogen and oxygen atoms in total. The van der Waals surface area contributed by atoms with Crippen LogP contribution < -0.4 is 5.32 Å². The zero-order valence-electron chi connectivity index (χ0n) is 17.8. The van der Waals surface area contributed by atoms with Gasteiger partial charge in [-0.1, -0.05) is 48.5 Å². The number of halogens is 2. The minimum absolute atomic E-state index is 0.0412. The van der Waals surface area contributed by atoms with Crippen molar-refractivity contribution in [3.8, 4) is 11.3 Å². The summed E-state index contributed by atoms with van der Waals surface area (Å²) < 4.78 is 26.9. The highest BCUT2D eigenvalue weighted by molar-refractivity contribution is 7.14. The molecule has 1 amide bonds. The Morgan fingerprint density at radius 1 is 0.970 bits per heavy atom. The quantitative estimate of drug-likeness (QED) is 0.371. The zero-order chi connectivity index (χ0) is 22.7. The average Bonchev–Trinajstić information content (AvgIpc) is 3.29. The van der Waals surface area contributed by atoms with Gasteiger partial charge in [0.15, 0.2) is 16.8 Å². The smallest absolute Gasteiger partial charge is 0.233 e. The molecule has 0 fully saturated rings. The molecule has 3 aromatic carbocycles. The van der Waals surface area contributed by atoms with Gasteiger partial charge in [0.1, 0.15) is 0 Å². The number of carbonyl (C=O) groups is 1. The first-order valence-corrected chi connectivity index (χ1v) is 11.7. The Labute approximate surface area is 194 Å². The molecule has 3 aliphatic rings. The fraction of sp³-hybridized carbons (Fsp3) is 0.185. The second kappa shape index (κ2) is 7.32. The summed E-state index contributed by atoms with van der Waals surface area (Å²) in [5.74, 6) is -1.77. The number of hydrogen-bond donors (Lipinski definition) is 1. The third-order valence-electron chi connectivity index (χ3n) is 7.09. The van der Waals surface area contributed by atoms with E-state index in [0.29, 0.717) is 16.4 Å². The van der Waals surface area contributed by atoms with Crippen LogP contribution in [0.15, 0.2) is 72.1 Å². The van der Waals surface area contributed by atoms with Crippen molar-refractivity contribution in [2.24, 2.45) is 5.41 Å². The molecule has 4 aromatic rings. The van der Waals surface area contributed by atoms with Gasteiger partial charge < -0.3 is 5.32 Å². The molecule has 7 rings (SSSR count). The van der Waals surface area contributed by atoms with Crippen molar-refractivity contribution >= 4 is 22.4 Å². The normalized spacial score (nSPS) is 22.5. The summed E-state index contributed by atoms with van der Waals surface area (Å²) in [5, 5.41) is 5.20. The van der Waals surface area contributed by atoms with Gasteiger partial charge in [-0.05, 0) is 53.8 Å². The van der Waals surface area contributed by atoms with Crippen LogP contribution in [-0.2, 0) is 4.79 Å². The number of nitrogens with zero attached hydrogens (tertiary/aromatic N) is 1. The Morgan fingerprint density at radius 2 is 1.61 bits per heavy atom. The lowest BCUT2D eigenvalue weighted by Gasteiger charge is -2.50. The lowest BCUT2D eigenvalue weighted by Crippen LogP contribution is -2.47. The van der Waals surface area contributed by atoms with Crippen LogP contribution in [0.4, 0.5) is 13.9 Å². The highest BCUT2D eigenvalue weighted by Gasteiger charge is 2.53. The van der Waals surface area contributed by atoms with Crippen LogP contribution in [-0.4, -0.2) is 10.9 Å². The molecule has 33 heavy (non-hydrogen) atoms. The number of amides is 1. The Bertz CT molecular complexity index is 1370. The van der Waals surface area contributed by atoms with E-state index in [1.165, 1.54) is 39.7 Å². The maximum atomic E-state index is 13.7. The van der Waals surface area contributed by atoms with Gasteiger partial charge in [0.2, 0.25) is 5.91 Å². The van der Waals surface area contributed by atoms with E-state index in [0.717, 1.165) is 18.6 Å². The molecule has 0 saturated heterocycles. The number of anilines is 1.